The number of benzene rings is 2. The lowest BCUT2D eigenvalue weighted by molar-refractivity contribution is -0.123. The molecule has 0 aliphatic heterocycles. The summed E-state index contributed by atoms with van der Waals surface area (Å²) in [6, 6.07) is 10.3. The molecule has 0 radical (unpaired) electrons. The minimum atomic E-state index is -0.519. The van der Waals surface area contributed by atoms with Crippen molar-refractivity contribution < 1.29 is 24.1 Å². The number of hydrogen-bond donors (Lipinski definition) is 3. The molecule has 0 bridgehead atoms. The Balaban J connectivity index is 1.74. The molecule has 0 fully saturated rings. The molecule has 0 heterocycles. The fraction of sp³-hybridized carbons (Fsp3) is 0.188. The third kappa shape index (κ3) is 4.37. The van der Waals surface area contributed by atoms with Gasteiger partial charge in [-0.25, -0.2) is 4.39 Å². The molecule has 0 atom stereocenters. The van der Waals surface area contributed by atoms with E-state index in [0.717, 1.165) is 5.56 Å². The van der Waals surface area contributed by atoms with Crippen LogP contribution in [0.4, 0.5) is 4.39 Å². The Morgan fingerprint density at radius 2 is 1.91 bits per heavy atom. The van der Waals surface area contributed by atoms with Crippen molar-refractivity contribution in [3.8, 4) is 17.2 Å². The number of hydrogen-bond acceptors (Lipinski definition) is 4. The van der Waals surface area contributed by atoms with Crippen LogP contribution in [0.3, 0.4) is 0 Å². The summed E-state index contributed by atoms with van der Waals surface area (Å²) in [4.78, 5) is 11.6. The van der Waals surface area contributed by atoms with Crippen LogP contribution in [0, 0.1) is 5.82 Å². The van der Waals surface area contributed by atoms with E-state index in [0.29, 0.717) is 13.0 Å². The lowest BCUT2D eigenvalue weighted by atomic mass is 10.1. The van der Waals surface area contributed by atoms with Crippen molar-refractivity contribution in [1.29, 1.82) is 0 Å². The Morgan fingerprint density at radius 1 is 1.14 bits per heavy atom. The first kappa shape index (κ1) is 15.6. The molecule has 0 saturated carbocycles. The first-order valence-corrected chi connectivity index (χ1v) is 6.71. The lowest BCUT2D eigenvalue weighted by Crippen LogP contribution is -2.30. The third-order valence-corrected chi connectivity index (χ3v) is 2.97. The van der Waals surface area contributed by atoms with Crippen LogP contribution in [0.25, 0.3) is 0 Å². The molecule has 0 aliphatic rings. The molecule has 1 amide bonds. The number of ether oxygens (including phenoxy) is 1. The van der Waals surface area contributed by atoms with E-state index in [1.54, 1.807) is 12.1 Å². The van der Waals surface area contributed by atoms with Gasteiger partial charge >= 0.3 is 0 Å². The summed E-state index contributed by atoms with van der Waals surface area (Å²) in [7, 11) is 0. The van der Waals surface area contributed by atoms with E-state index in [-0.39, 0.29) is 29.8 Å². The van der Waals surface area contributed by atoms with Gasteiger partial charge in [0.05, 0.1) is 0 Å². The van der Waals surface area contributed by atoms with Gasteiger partial charge < -0.3 is 20.3 Å². The van der Waals surface area contributed by atoms with Crippen LogP contribution < -0.4 is 10.1 Å². The van der Waals surface area contributed by atoms with E-state index in [2.05, 4.69) is 5.32 Å². The van der Waals surface area contributed by atoms with Crippen molar-refractivity contribution in [1.82, 2.24) is 5.32 Å². The third-order valence-electron chi connectivity index (χ3n) is 2.97. The van der Waals surface area contributed by atoms with Crippen LogP contribution in [-0.4, -0.2) is 29.3 Å². The van der Waals surface area contributed by atoms with Crippen molar-refractivity contribution in [2.24, 2.45) is 0 Å². The predicted molar refractivity (Wildman–Crippen MR) is 78.4 cm³/mol. The number of amides is 1. The highest BCUT2D eigenvalue weighted by Gasteiger charge is 2.06. The Hall–Kier alpha value is -2.76. The van der Waals surface area contributed by atoms with Crippen LogP contribution in [-0.2, 0) is 11.2 Å². The molecule has 6 heteroatoms. The fourth-order valence-corrected chi connectivity index (χ4v) is 1.83. The topological polar surface area (TPSA) is 78.8 Å². The molecule has 0 unspecified atom stereocenters. The second-order valence-corrected chi connectivity index (χ2v) is 4.64. The van der Waals surface area contributed by atoms with E-state index in [1.807, 2.05) is 0 Å². The van der Waals surface area contributed by atoms with Gasteiger partial charge in [0.25, 0.3) is 5.91 Å². The van der Waals surface area contributed by atoms with E-state index >= 15 is 0 Å². The van der Waals surface area contributed by atoms with Crippen LogP contribution in [0.2, 0.25) is 0 Å². The molecule has 0 saturated heterocycles. The average molecular weight is 305 g/mol. The zero-order valence-electron chi connectivity index (χ0n) is 11.8. The second kappa shape index (κ2) is 7.31. The maximum Gasteiger partial charge on any atom is 0.257 e. The highest BCUT2D eigenvalue weighted by atomic mass is 19.1. The number of rotatable bonds is 6. The molecule has 3 N–H and O–H groups in total. The number of para-hydroxylation sites is 1. The predicted octanol–water partition coefficient (Wildman–Crippen LogP) is 1.97. The standard InChI is InChI=1S/C16H16FNO4/c17-12-3-1-2-4-15(12)22-10-16(21)18-8-7-11-5-6-13(19)14(20)9-11/h1-6,9,19-20H,7-8,10H2,(H,18,21). The van der Waals surface area contributed by atoms with Gasteiger partial charge in [0, 0.05) is 6.54 Å². The molecule has 116 valence electrons. The van der Waals surface area contributed by atoms with Crippen molar-refractivity contribution in [2.45, 2.75) is 6.42 Å². The number of halogens is 1. The van der Waals surface area contributed by atoms with Gasteiger partial charge in [0.2, 0.25) is 0 Å². The van der Waals surface area contributed by atoms with Crippen molar-refractivity contribution >= 4 is 5.91 Å². The van der Waals surface area contributed by atoms with Crippen molar-refractivity contribution in [3.63, 3.8) is 0 Å². The number of aromatic hydroxyl groups is 2. The average Bonchev–Trinajstić information content (AvgIpc) is 2.50. The summed E-state index contributed by atoms with van der Waals surface area (Å²) in [5.74, 6) is -1.25. The summed E-state index contributed by atoms with van der Waals surface area (Å²) in [5.41, 5.74) is 0.769. The zero-order chi connectivity index (χ0) is 15.9. The van der Waals surface area contributed by atoms with Gasteiger partial charge in [-0.05, 0) is 36.2 Å². The molecule has 2 rings (SSSR count). The molecule has 0 spiro atoms. The summed E-state index contributed by atoms with van der Waals surface area (Å²) in [5, 5.41) is 21.2. The van der Waals surface area contributed by atoms with E-state index in [9.17, 15) is 19.4 Å². The van der Waals surface area contributed by atoms with Gasteiger partial charge in [-0.3, -0.25) is 4.79 Å². The number of nitrogens with one attached hydrogen (secondary N) is 1. The largest absolute Gasteiger partial charge is 0.504 e. The molecule has 2 aromatic carbocycles. The Bertz CT molecular complexity index is 660. The fourth-order valence-electron chi connectivity index (χ4n) is 1.83. The minimum Gasteiger partial charge on any atom is -0.504 e. The van der Waals surface area contributed by atoms with Crippen LogP contribution in [0.5, 0.6) is 17.2 Å². The highest BCUT2D eigenvalue weighted by molar-refractivity contribution is 5.77. The summed E-state index contributed by atoms with van der Waals surface area (Å²) < 4.78 is 18.4. The molecular weight excluding hydrogens is 289 g/mol. The van der Waals surface area contributed by atoms with Crippen LogP contribution in [0.1, 0.15) is 5.56 Å². The quantitative estimate of drug-likeness (QED) is 0.713. The second-order valence-electron chi connectivity index (χ2n) is 4.64. The van der Waals surface area contributed by atoms with Crippen LogP contribution >= 0.6 is 0 Å². The summed E-state index contributed by atoms with van der Waals surface area (Å²) >= 11 is 0. The van der Waals surface area contributed by atoms with Gasteiger partial charge in [0.15, 0.2) is 29.7 Å². The van der Waals surface area contributed by atoms with Gasteiger partial charge in [-0.1, -0.05) is 18.2 Å². The zero-order valence-corrected chi connectivity index (χ0v) is 11.8. The molecule has 5 nitrogen and oxygen atoms in total. The monoisotopic (exact) mass is 305 g/mol. The Kier molecular flexibility index (Phi) is 5.19. The minimum absolute atomic E-state index is 0.0288. The number of phenols is 2. The number of carbonyl (C=O) groups is 1. The van der Waals surface area contributed by atoms with E-state index < -0.39 is 5.82 Å². The molecule has 0 aliphatic carbocycles. The summed E-state index contributed by atoms with van der Waals surface area (Å²) in [6.07, 6.45) is 0.485. The first-order chi connectivity index (χ1) is 10.6. The lowest BCUT2D eigenvalue weighted by Gasteiger charge is -2.08. The van der Waals surface area contributed by atoms with Crippen LogP contribution in [0.15, 0.2) is 42.5 Å². The number of carbonyl (C=O) groups excluding carboxylic acids is 1. The maximum atomic E-state index is 13.3. The Labute approximate surface area is 127 Å². The van der Waals surface area contributed by atoms with E-state index in [4.69, 9.17) is 4.74 Å². The summed E-state index contributed by atoms with van der Waals surface area (Å²) in [6.45, 7) is 0.0610. The highest BCUT2D eigenvalue weighted by Crippen LogP contribution is 2.24. The van der Waals surface area contributed by atoms with Gasteiger partial charge in [-0.2, -0.15) is 0 Å². The molecule has 22 heavy (non-hydrogen) atoms. The van der Waals surface area contributed by atoms with E-state index in [1.165, 1.54) is 30.3 Å². The molecular formula is C16H16FNO4. The SMILES string of the molecule is O=C(COc1ccccc1F)NCCc1ccc(O)c(O)c1. The molecule has 0 aromatic heterocycles. The molecule has 2 aromatic rings. The van der Waals surface area contributed by atoms with Gasteiger partial charge in [0.1, 0.15) is 0 Å². The van der Waals surface area contributed by atoms with Crippen molar-refractivity contribution in [2.75, 3.05) is 13.2 Å². The Morgan fingerprint density at radius 3 is 2.64 bits per heavy atom. The smallest absolute Gasteiger partial charge is 0.257 e. The first-order valence-electron chi connectivity index (χ1n) is 6.71. The normalized spacial score (nSPS) is 10.2. The van der Waals surface area contributed by atoms with Crippen molar-refractivity contribution in [3.05, 3.63) is 53.8 Å². The maximum absolute atomic E-state index is 13.3. The van der Waals surface area contributed by atoms with Gasteiger partial charge in [-0.15, -0.1) is 0 Å². The number of phenolic OH excluding ortho intramolecular Hbond substituents is 2.